The van der Waals surface area contributed by atoms with Crippen LogP contribution < -0.4 is 11.2 Å². The summed E-state index contributed by atoms with van der Waals surface area (Å²) in [6, 6.07) is 1.13. The molecule has 15 heteroatoms. The molecule has 0 aromatic carbocycles. The average molecular weight is 450 g/mol. The van der Waals surface area contributed by atoms with Crippen molar-refractivity contribution in [3.63, 3.8) is 0 Å². The van der Waals surface area contributed by atoms with E-state index in [2.05, 4.69) is 15.3 Å². The van der Waals surface area contributed by atoms with E-state index in [4.69, 9.17) is 24.9 Å². The third-order valence-corrected chi connectivity index (χ3v) is 5.28. The molecule has 2 aromatic rings. The monoisotopic (exact) mass is 449 g/mol. The van der Waals surface area contributed by atoms with Gasteiger partial charge in [-0.15, -0.1) is 5.10 Å². The standard InChI is InChI=1S/C14H16ClN5O8S/c1-7(21)27-11-8(5-19-6-10(17-18-19)29(15,24)25)28-13(12(11)26-2)20-4-3-9(22)16-14(20)23/h3-4,6,8,11-13H,5H2,1-2H3,(H,16,22,23)/t8-,11?,12?,13-/m1/s1. The molecule has 3 rings (SSSR count). The maximum absolute atomic E-state index is 12.2. The fourth-order valence-corrected chi connectivity index (χ4v) is 3.55. The van der Waals surface area contributed by atoms with Crippen LogP contribution in [0.4, 0.5) is 0 Å². The van der Waals surface area contributed by atoms with E-state index >= 15 is 0 Å². The lowest BCUT2D eigenvalue weighted by atomic mass is 10.1. The number of ether oxygens (including phenoxy) is 3. The van der Waals surface area contributed by atoms with Gasteiger partial charge in [-0.2, -0.15) is 0 Å². The largest absolute Gasteiger partial charge is 0.457 e. The van der Waals surface area contributed by atoms with Crippen LogP contribution in [0.25, 0.3) is 0 Å². The minimum Gasteiger partial charge on any atom is -0.457 e. The molecule has 4 atom stereocenters. The Kier molecular flexibility index (Phi) is 5.88. The second-order valence-corrected chi connectivity index (χ2v) is 8.59. The van der Waals surface area contributed by atoms with Crippen LogP contribution in [0, 0.1) is 0 Å². The number of hydrogen-bond donors (Lipinski definition) is 1. The van der Waals surface area contributed by atoms with Crippen molar-refractivity contribution in [3.05, 3.63) is 39.3 Å². The average Bonchev–Trinajstić information content (AvgIpc) is 3.20. The normalized spacial score (nSPS) is 24.5. The second-order valence-electron chi connectivity index (χ2n) is 6.07. The first kappa shape index (κ1) is 21.2. The van der Waals surface area contributed by atoms with Crippen molar-refractivity contribution < 1.29 is 27.4 Å². The van der Waals surface area contributed by atoms with E-state index in [0.29, 0.717) is 0 Å². The number of esters is 1. The zero-order valence-corrected chi connectivity index (χ0v) is 16.7. The lowest BCUT2D eigenvalue weighted by Gasteiger charge is -2.22. The van der Waals surface area contributed by atoms with E-state index in [0.717, 1.165) is 21.5 Å². The first-order chi connectivity index (χ1) is 13.6. The van der Waals surface area contributed by atoms with Gasteiger partial charge < -0.3 is 14.2 Å². The summed E-state index contributed by atoms with van der Waals surface area (Å²) in [5, 5.41) is 6.66. The Morgan fingerprint density at radius 2 is 2.10 bits per heavy atom. The molecule has 1 saturated heterocycles. The molecule has 2 aromatic heterocycles. The van der Waals surface area contributed by atoms with Crippen molar-refractivity contribution in [2.75, 3.05) is 7.11 Å². The minimum atomic E-state index is -4.08. The summed E-state index contributed by atoms with van der Waals surface area (Å²) in [6.45, 7) is 1.10. The van der Waals surface area contributed by atoms with Crippen LogP contribution in [0.15, 0.2) is 33.1 Å². The zero-order chi connectivity index (χ0) is 21.3. The van der Waals surface area contributed by atoms with E-state index in [1.807, 2.05) is 0 Å². The Morgan fingerprint density at radius 1 is 1.38 bits per heavy atom. The maximum atomic E-state index is 12.2. The second kappa shape index (κ2) is 8.06. The molecule has 2 unspecified atom stereocenters. The Morgan fingerprint density at radius 3 is 2.66 bits per heavy atom. The maximum Gasteiger partial charge on any atom is 0.330 e. The number of nitrogens with one attached hydrogen (secondary N) is 1. The number of carbonyl (C=O) groups is 1. The Balaban J connectivity index is 1.94. The lowest BCUT2D eigenvalue weighted by Crippen LogP contribution is -2.41. The van der Waals surface area contributed by atoms with E-state index in [-0.39, 0.29) is 6.54 Å². The van der Waals surface area contributed by atoms with Crippen molar-refractivity contribution >= 4 is 25.7 Å². The van der Waals surface area contributed by atoms with Crippen LogP contribution >= 0.6 is 10.7 Å². The van der Waals surface area contributed by atoms with Gasteiger partial charge in [0.1, 0.15) is 12.2 Å². The van der Waals surface area contributed by atoms with Crippen LogP contribution in [0.3, 0.4) is 0 Å². The summed E-state index contributed by atoms with van der Waals surface area (Å²) in [5.74, 6) is -0.622. The highest BCUT2D eigenvalue weighted by atomic mass is 35.7. The van der Waals surface area contributed by atoms with Gasteiger partial charge in [0.2, 0.25) is 5.03 Å². The van der Waals surface area contributed by atoms with Crippen molar-refractivity contribution in [2.45, 2.75) is 43.0 Å². The predicted octanol–water partition coefficient (Wildman–Crippen LogP) is -1.40. The summed E-state index contributed by atoms with van der Waals surface area (Å²) < 4.78 is 41.5. The summed E-state index contributed by atoms with van der Waals surface area (Å²) in [6.07, 6.45) is -1.51. The number of methoxy groups -OCH3 is 1. The summed E-state index contributed by atoms with van der Waals surface area (Å²) in [7, 11) is 2.49. The number of aromatic amines is 1. The van der Waals surface area contributed by atoms with Gasteiger partial charge in [-0.25, -0.2) is 17.9 Å². The highest BCUT2D eigenvalue weighted by Gasteiger charge is 2.48. The van der Waals surface area contributed by atoms with Crippen molar-refractivity contribution in [2.24, 2.45) is 0 Å². The summed E-state index contributed by atoms with van der Waals surface area (Å²) >= 11 is 0. The van der Waals surface area contributed by atoms with E-state index < -0.39 is 55.8 Å². The number of halogens is 1. The topological polar surface area (TPSA) is 164 Å². The van der Waals surface area contributed by atoms with Crippen molar-refractivity contribution in [1.29, 1.82) is 0 Å². The number of hydrogen-bond acceptors (Lipinski definition) is 10. The van der Waals surface area contributed by atoms with Gasteiger partial charge in [0.05, 0.1) is 12.7 Å². The Bertz CT molecular complexity index is 1130. The van der Waals surface area contributed by atoms with Gasteiger partial charge in [0.25, 0.3) is 14.6 Å². The molecule has 1 fully saturated rings. The quantitative estimate of drug-likeness (QED) is 0.409. The van der Waals surface area contributed by atoms with Crippen LogP contribution in [-0.2, 0) is 34.6 Å². The fourth-order valence-electron chi connectivity index (χ4n) is 2.96. The molecular weight excluding hydrogens is 434 g/mol. The van der Waals surface area contributed by atoms with Crippen LogP contribution in [-0.4, -0.2) is 64.4 Å². The highest BCUT2D eigenvalue weighted by molar-refractivity contribution is 8.13. The molecule has 1 aliphatic rings. The minimum absolute atomic E-state index is 0.0914. The van der Waals surface area contributed by atoms with Crippen LogP contribution in [0.2, 0.25) is 0 Å². The third-order valence-electron chi connectivity index (χ3n) is 4.12. The van der Waals surface area contributed by atoms with E-state index in [1.54, 1.807) is 0 Å². The molecule has 0 radical (unpaired) electrons. The molecule has 0 bridgehead atoms. The number of rotatable bonds is 6. The van der Waals surface area contributed by atoms with Crippen LogP contribution in [0.1, 0.15) is 13.2 Å². The summed E-state index contributed by atoms with van der Waals surface area (Å²) in [4.78, 5) is 37.1. The van der Waals surface area contributed by atoms with Gasteiger partial charge in [0.15, 0.2) is 12.3 Å². The zero-order valence-electron chi connectivity index (χ0n) is 15.1. The van der Waals surface area contributed by atoms with Crippen molar-refractivity contribution in [3.8, 4) is 0 Å². The molecule has 0 saturated carbocycles. The number of H-pyrrole nitrogens is 1. The fraction of sp³-hybridized carbons (Fsp3) is 0.500. The molecule has 1 aliphatic heterocycles. The van der Waals surface area contributed by atoms with Crippen LogP contribution in [0.5, 0.6) is 0 Å². The smallest absolute Gasteiger partial charge is 0.330 e. The molecule has 0 spiro atoms. The van der Waals surface area contributed by atoms with Gasteiger partial charge in [0, 0.05) is 37.0 Å². The SMILES string of the molecule is COC1C(OC(C)=O)[C@@H](Cn2cc(S(=O)(=O)Cl)nn2)O[C@H]1n1ccc(=O)[nH]c1=O. The Labute approximate surface area is 167 Å². The van der Waals surface area contributed by atoms with Gasteiger partial charge in [-0.05, 0) is 0 Å². The highest BCUT2D eigenvalue weighted by Crippen LogP contribution is 2.33. The lowest BCUT2D eigenvalue weighted by molar-refractivity contribution is -0.154. The number of nitrogens with zero attached hydrogens (tertiary/aromatic N) is 4. The van der Waals surface area contributed by atoms with E-state index in [1.165, 1.54) is 20.2 Å². The molecule has 3 heterocycles. The number of carbonyl (C=O) groups excluding carboxylic acids is 1. The molecule has 158 valence electrons. The molecule has 29 heavy (non-hydrogen) atoms. The Hall–Kier alpha value is -2.55. The molecule has 1 N–H and O–H groups in total. The first-order valence-corrected chi connectivity index (χ1v) is 10.4. The summed E-state index contributed by atoms with van der Waals surface area (Å²) in [5.41, 5.74) is -1.34. The van der Waals surface area contributed by atoms with Gasteiger partial charge in [-0.1, -0.05) is 5.21 Å². The third kappa shape index (κ3) is 4.55. The molecule has 0 aliphatic carbocycles. The molecule has 13 nitrogen and oxygen atoms in total. The van der Waals surface area contributed by atoms with E-state index in [9.17, 15) is 22.8 Å². The molecular formula is C14H16ClN5O8S. The first-order valence-electron chi connectivity index (χ1n) is 8.12. The van der Waals surface area contributed by atoms with Gasteiger partial charge >= 0.3 is 11.7 Å². The molecule has 0 amide bonds. The van der Waals surface area contributed by atoms with Gasteiger partial charge in [-0.3, -0.25) is 19.1 Å². The number of aromatic nitrogens is 5. The predicted molar refractivity (Wildman–Crippen MR) is 94.6 cm³/mol. The van der Waals surface area contributed by atoms with Crippen molar-refractivity contribution in [1.82, 2.24) is 24.5 Å².